The summed E-state index contributed by atoms with van der Waals surface area (Å²) in [5.41, 5.74) is 2.06. The van der Waals surface area contributed by atoms with Gasteiger partial charge in [0, 0.05) is 0 Å². The second kappa shape index (κ2) is 6.33. The van der Waals surface area contributed by atoms with E-state index in [-0.39, 0.29) is 0 Å². The van der Waals surface area contributed by atoms with Crippen LogP contribution in [0.25, 0.3) is 5.57 Å². The Labute approximate surface area is 123 Å². The molecule has 0 spiro atoms. The summed E-state index contributed by atoms with van der Waals surface area (Å²) in [5, 5.41) is 0. The predicted octanol–water partition coefficient (Wildman–Crippen LogP) is 6.02. The van der Waals surface area contributed by atoms with Crippen LogP contribution in [0.2, 0.25) is 0 Å². The second-order valence-corrected chi connectivity index (χ2v) is 5.39. The standard InChI is InChI=1S/C18H19F3/c1-3-5-15(9-8-13(2)14-10-11-14)16-6-4-7-17(12-16)18(19,20)21/h3-9,12,14H,10-11H2,1-2H3/b5-3-,13-8+,15-9+. The van der Waals surface area contributed by atoms with Gasteiger partial charge in [-0.15, -0.1) is 0 Å². The van der Waals surface area contributed by atoms with E-state index in [2.05, 4.69) is 6.92 Å². The van der Waals surface area contributed by atoms with Crippen LogP contribution in [-0.2, 0) is 6.18 Å². The molecule has 3 heteroatoms. The Balaban J connectivity index is 2.34. The van der Waals surface area contributed by atoms with Crippen molar-refractivity contribution in [3.05, 3.63) is 65.3 Å². The molecule has 112 valence electrons. The third-order valence-electron chi connectivity index (χ3n) is 3.62. The lowest BCUT2D eigenvalue weighted by atomic mass is 10.0. The highest BCUT2D eigenvalue weighted by Gasteiger charge is 2.30. The molecule has 0 saturated heterocycles. The molecule has 0 N–H and O–H groups in total. The fourth-order valence-electron chi connectivity index (χ4n) is 2.20. The highest BCUT2D eigenvalue weighted by molar-refractivity contribution is 5.75. The van der Waals surface area contributed by atoms with E-state index in [0.29, 0.717) is 11.5 Å². The van der Waals surface area contributed by atoms with Gasteiger partial charge >= 0.3 is 6.18 Å². The molecule has 0 radical (unpaired) electrons. The van der Waals surface area contributed by atoms with Crippen molar-refractivity contribution in [2.75, 3.05) is 0 Å². The Morgan fingerprint density at radius 2 is 1.90 bits per heavy atom. The molecule has 0 bridgehead atoms. The molecule has 2 rings (SSSR count). The molecule has 0 aliphatic heterocycles. The van der Waals surface area contributed by atoms with Gasteiger partial charge in [0.05, 0.1) is 5.56 Å². The first-order valence-corrected chi connectivity index (χ1v) is 7.10. The van der Waals surface area contributed by atoms with E-state index < -0.39 is 11.7 Å². The predicted molar refractivity (Wildman–Crippen MR) is 80.7 cm³/mol. The first kappa shape index (κ1) is 15.6. The average Bonchev–Trinajstić information content (AvgIpc) is 3.27. The zero-order valence-corrected chi connectivity index (χ0v) is 12.2. The summed E-state index contributed by atoms with van der Waals surface area (Å²) in [7, 11) is 0. The van der Waals surface area contributed by atoms with Crippen LogP contribution in [-0.4, -0.2) is 0 Å². The molecule has 1 aromatic rings. The van der Waals surface area contributed by atoms with E-state index in [1.807, 2.05) is 31.2 Å². The maximum atomic E-state index is 12.8. The maximum absolute atomic E-state index is 12.8. The first-order valence-electron chi connectivity index (χ1n) is 7.10. The molecule has 1 aromatic carbocycles. The van der Waals surface area contributed by atoms with Crippen LogP contribution < -0.4 is 0 Å². The third kappa shape index (κ3) is 4.35. The van der Waals surface area contributed by atoms with E-state index >= 15 is 0 Å². The fourth-order valence-corrected chi connectivity index (χ4v) is 2.20. The van der Waals surface area contributed by atoms with Crippen molar-refractivity contribution in [3.63, 3.8) is 0 Å². The van der Waals surface area contributed by atoms with Crippen molar-refractivity contribution in [2.45, 2.75) is 32.9 Å². The highest BCUT2D eigenvalue weighted by atomic mass is 19.4. The summed E-state index contributed by atoms with van der Waals surface area (Å²) in [5.74, 6) is 0.662. The molecule has 0 aromatic heterocycles. The van der Waals surface area contributed by atoms with Crippen LogP contribution in [0.3, 0.4) is 0 Å². The topological polar surface area (TPSA) is 0 Å². The van der Waals surface area contributed by atoms with Crippen LogP contribution >= 0.6 is 0 Å². The Hall–Kier alpha value is -1.77. The Morgan fingerprint density at radius 3 is 2.48 bits per heavy atom. The summed E-state index contributed by atoms with van der Waals surface area (Å²) in [6, 6.07) is 5.46. The van der Waals surface area contributed by atoms with Crippen molar-refractivity contribution in [1.29, 1.82) is 0 Å². The van der Waals surface area contributed by atoms with E-state index in [4.69, 9.17) is 0 Å². The van der Waals surface area contributed by atoms with Crippen LogP contribution in [0, 0.1) is 5.92 Å². The Bertz CT molecular complexity index is 585. The molecule has 1 aliphatic carbocycles. The summed E-state index contributed by atoms with van der Waals surface area (Å²) >= 11 is 0. The van der Waals surface area contributed by atoms with Crippen molar-refractivity contribution >= 4 is 5.57 Å². The van der Waals surface area contributed by atoms with Crippen LogP contribution in [0.1, 0.15) is 37.8 Å². The van der Waals surface area contributed by atoms with E-state index in [1.165, 1.54) is 30.5 Å². The smallest absolute Gasteiger partial charge is 0.166 e. The summed E-state index contributed by atoms with van der Waals surface area (Å²) in [4.78, 5) is 0. The van der Waals surface area contributed by atoms with Crippen molar-refractivity contribution in [1.82, 2.24) is 0 Å². The van der Waals surface area contributed by atoms with Gasteiger partial charge in [-0.3, -0.25) is 0 Å². The van der Waals surface area contributed by atoms with E-state index in [9.17, 15) is 13.2 Å². The summed E-state index contributed by atoms with van der Waals surface area (Å²) in [6.07, 6.45) is 5.74. The van der Waals surface area contributed by atoms with Gasteiger partial charge in [0.15, 0.2) is 0 Å². The minimum atomic E-state index is -4.31. The summed E-state index contributed by atoms with van der Waals surface area (Å²) in [6.45, 7) is 3.94. The van der Waals surface area contributed by atoms with Gasteiger partial charge in [-0.1, -0.05) is 42.0 Å². The number of rotatable bonds is 4. The quantitative estimate of drug-likeness (QED) is 0.595. The molecule has 0 atom stereocenters. The molecular formula is C18H19F3. The molecular weight excluding hydrogens is 273 g/mol. The van der Waals surface area contributed by atoms with Crippen LogP contribution in [0.5, 0.6) is 0 Å². The van der Waals surface area contributed by atoms with Crippen molar-refractivity contribution < 1.29 is 13.2 Å². The van der Waals surface area contributed by atoms with E-state index in [1.54, 1.807) is 6.07 Å². The van der Waals surface area contributed by atoms with Gasteiger partial charge in [-0.25, -0.2) is 0 Å². The monoisotopic (exact) mass is 292 g/mol. The highest BCUT2D eigenvalue weighted by Crippen LogP contribution is 2.36. The normalized spacial score (nSPS) is 17.6. The van der Waals surface area contributed by atoms with Crippen molar-refractivity contribution in [3.8, 4) is 0 Å². The van der Waals surface area contributed by atoms with Crippen molar-refractivity contribution in [2.24, 2.45) is 5.92 Å². The van der Waals surface area contributed by atoms with Gasteiger partial charge in [0.2, 0.25) is 0 Å². The zero-order valence-electron chi connectivity index (χ0n) is 12.2. The molecule has 0 amide bonds. The van der Waals surface area contributed by atoms with Gasteiger partial charge in [-0.05, 0) is 55.9 Å². The van der Waals surface area contributed by atoms with Crippen LogP contribution in [0.15, 0.2) is 54.1 Å². The Kier molecular flexibility index (Phi) is 4.71. The number of alkyl halides is 3. The van der Waals surface area contributed by atoms with Gasteiger partial charge in [0.1, 0.15) is 0 Å². The van der Waals surface area contributed by atoms with E-state index in [0.717, 1.165) is 11.6 Å². The van der Waals surface area contributed by atoms with Gasteiger partial charge in [0.25, 0.3) is 0 Å². The van der Waals surface area contributed by atoms with Gasteiger partial charge in [-0.2, -0.15) is 13.2 Å². The SMILES string of the molecule is C\C=C/C(=C\C=C(/C)C1CC1)c1cccc(C(F)(F)F)c1. The lowest BCUT2D eigenvalue weighted by Crippen LogP contribution is -2.04. The van der Waals surface area contributed by atoms with Crippen LogP contribution in [0.4, 0.5) is 13.2 Å². The number of hydrogen-bond acceptors (Lipinski definition) is 0. The molecule has 1 saturated carbocycles. The number of hydrogen-bond donors (Lipinski definition) is 0. The minimum absolute atomic E-state index is 0.586. The maximum Gasteiger partial charge on any atom is 0.416 e. The lowest BCUT2D eigenvalue weighted by molar-refractivity contribution is -0.137. The zero-order chi connectivity index (χ0) is 15.5. The molecule has 21 heavy (non-hydrogen) atoms. The summed E-state index contributed by atoms with van der Waals surface area (Å²) < 4.78 is 38.4. The number of allylic oxidation sites excluding steroid dienone is 6. The Morgan fingerprint density at radius 1 is 1.19 bits per heavy atom. The third-order valence-corrected chi connectivity index (χ3v) is 3.62. The average molecular weight is 292 g/mol. The van der Waals surface area contributed by atoms with Gasteiger partial charge < -0.3 is 0 Å². The largest absolute Gasteiger partial charge is 0.416 e. The molecule has 0 unspecified atom stereocenters. The number of benzene rings is 1. The second-order valence-electron chi connectivity index (χ2n) is 5.39. The fraction of sp³-hybridized carbons (Fsp3) is 0.333. The molecule has 1 fully saturated rings. The molecule has 0 nitrogen and oxygen atoms in total. The number of halogens is 3. The minimum Gasteiger partial charge on any atom is -0.166 e. The lowest BCUT2D eigenvalue weighted by Gasteiger charge is -2.09. The molecule has 1 aliphatic rings. The molecule has 0 heterocycles. The first-order chi connectivity index (χ1) is 9.91.